The maximum Gasteiger partial charge on any atom is 0.123 e. The van der Waals surface area contributed by atoms with E-state index >= 15 is 0 Å². The van der Waals surface area contributed by atoms with Gasteiger partial charge in [0.05, 0.1) is 0 Å². The van der Waals surface area contributed by atoms with Crippen LogP contribution in [0.1, 0.15) is 89.0 Å². The fourth-order valence-electron chi connectivity index (χ4n) is 5.90. The third kappa shape index (κ3) is 4.55. The minimum atomic E-state index is -0.137. The fraction of sp³-hybridized carbons (Fsp3) is 0.615. The van der Waals surface area contributed by atoms with E-state index < -0.39 is 0 Å². The molecular formula is C26H35F. The maximum absolute atomic E-state index is 13.4. The first-order chi connectivity index (χ1) is 13.2. The van der Waals surface area contributed by atoms with Crippen molar-refractivity contribution in [3.63, 3.8) is 0 Å². The van der Waals surface area contributed by atoms with Crippen LogP contribution >= 0.6 is 0 Å². The number of fused-ring (bicyclic) bond motifs is 2. The Balaban J connectivity index is 1.35. The molecule has 0 nitrogen and oxygen atoms in total. The van der Waals surface area contributed by atoms with Crippen molar-refractivity contribution in [3.05, 3.63) is 47.8 Å². The highest BCUT2D eigenvalue weighted by Gasteiger charge is 2.35. The molecule has 0 spiro atoms. The van der Waals surface area contributed by atoms with Crippen LogP contribution < -0.4 is 0 Å². The summed E-state index contributed by atoms with van der Waals surface area (Å²) in [6.45, 7) is 2.30. The van der Waals surface area contributed by atoms with Gasteiger partial charge in [-0.2, -0.15) is 0 Å². The van der Waals surface area contributed by atoms with Crippen molar-refractivity contribution in [2.24, 2.45) is 17.8 Å². The van der Waals surface area contributed by atoms with Crippen LogP contribution in [-0.4, -0.2) is 0 Å². The Morgan fingerprint density at radius 1 is 0.815 bits per heavy atom. The molecule has 2 unspecified atom stereocenters. The Labute approximate surface area is 164 Å². The fourth-order valence-corrected chi connectivity index (χ4v) is 5.90. The van der Waals surface area contributed by atoms with Crippen LogP contribution in [-0.2, 0) is 0 Å². The number of unbranched alkanes of at least 4 members (excludes halogenated alkanes) is 3. The number of halogens is 1. The van der Waals surface area contributed by atoms with Gasteiger partial charge >= 0.3 is 0 Å². The van der Waals surface area contributed by atoms with Gasteiger partial charge in [-0.1, -0.05) is 69.7 Å². The summed E-state index contributed by atoms with van der Waals surface area (Å²) in [6, 6.07) is 11.9. The van der Waals surface area contributed by atoms with Crippen molar-refractivity contribution in [3.8, 4) is 0 Å². The topological polar surface area (TPSA) is 0 Å². The van der Waals surface area contributed by atoms with Crippen LogP contribution in [0.3, 0.4) is 0 Å². The number of hydrogen-bond donors (Lipinski definition) is 0. The standard InChI is InChI=1S/C26H35F/c1-2-3-4-5-6-19-7-8-21-16-22(10-9-20(21)15-19)23-11-12-25-18-26(27)14-13-24(25)17-23/h11-14,17-22H,2-10,15-16H2,1H3/t19-,20?,21-,22?/m1/s1. The molecule has 0 bridgehead atoms. The Morgan fingerprint density at radius 2 is 1.59 bits per heavy atom. The quantitative estimate of drug-likeness (QED) is 0.451. The predicted octanol–water partition coefficient (Wildman–Crippen LogP) is 8.25. The minimum absolute atomic E-state index is 0.137. The van der Waals surface area contributed by atoms with Gasteiger partial charge in [0.15, 0.2) is 0 Å². The molecule has 0 aliphatic heterocycles. The van der Waals surface area contributed by atoms with Crippen molar-refractivity contribution in [1.82, 2.24) is 0 Å². The summed E-state index contributed by atoms with van der Waals surface area (Å²) in [6.07, 6.45) is 15.7. The summed E-state index contributed by atoms with van der Waals surface area (Å²) in [5.41, 5.74) is 1.48. The van der Waals surface area contributed by atoms with Crippen LogP contribution in [0.4, 0.5) is 4.39 Å². The molecule has 2 fully saturated rings. The largest absolute Gasteiger partial charge is 0.207 e. The smallest absolute Gasteiger partial charge is 0.123 e. The van der Waals surface area contributed by atoms with E-state index in [1.165, 1.54) is 81.6 Å². The Morgan fingerprint density at radius 3 is 2.48 bits per heavy atom. The third-order valence-corrected chi connectivity index (χ3v) is 7.49. The molecule has 2 aliphatic rings. The molecule has 0 heterocycles. The molecule has 2 saturated carbocycles. The van der Waals surface area contributed by atoms with E-state index in [2.05, 4.69) is 25.1 Å². The van der Waals surface area contributed by atoms with Gasteiger partial charge in [-0.25, -0.2) is 4.39 Å². The zero-order valence-corrected chi connectivity index (χ0v) is 16.9. The molecule has 146 valence electrons. The van der Waals surface area contributed by atoms with E-state index in [0.717, 1.165) is 23.1 Å². The molecule has 0 radical (unpaired) electrons. The molecule has 0 saturated heterocycles. The van der Waals surface area contributed by atoms with Crippen LogP contribution in [0.25, 0.3) is 10.8 Å². The van der Waals surface area contributed by atoms with Crippen molar-refractivity contribution in [2.75, 3.05) is 0 Å². The molecular weight excluding hydrogens is 331 g/mol. The summed E-state index contributed by atoms with van der Waals surface area (Å²) in [5, 5.41) is 2.21. The lowest BCUT2D eigenvalue weighted by Gasteiger charge is -2.42. The summed E-state index contributed by atoms with van der Waals surface area (Å²) >= 11 is 0. The summed E-state index contributed by atoms with van der Waals surface area (Å²) in [5.74, 6) is 3.51. The number of rotatable bonds is 6. The molecule has 2 aromatic rings. The lowest BCUT2D eigenvalue weighted by Crippen LogP contribution is -2.30. The van der Waals surface area contributed by atoms with Gasteiger partial charge in [0.2, 0.25) is 0 Å². The second-order valence-corrected chi connectivity index (χ2v) is 9.31. The predicted molar refractivity (Wildman–Crippen MR) is 114 cm³/mol. The molecule has 2 aromatic carbocycles. The first-order valence-electron chi connectivity index (χ1n) is 11.4. The summed E-state index contributed by atoms with van der Waals surface area (Å²) in [7, 11) is 0. The molecule has 4 atom stereocenters. The van der Waals surface area contributed by atoms with E-state index in [-0.39, 0.29) is 5.82 Å². The molecule has 1 heteroatoms. The van der Waals surface area contributed by atoms with Crippen molar-refractivity contribution < 1.29 is 4.39 Å². The normalized spacial score (nSPS) is 28.2. The van der Waals surface area contributed by atoms with Crippen molar-refractivity contribution >= 4 is 10.8 Å². The van der Waals surface area contributed by atoms with Gasteiger partial charge < -0.3 is 0 Å². The highest BCUT2D eigenvalue weighted by Crippen LogP contribution is 2.48. The van der Waals surface area contributed by atoms with Gasteiger partial charge in [0, 0.05) is 0 Å². The highest BCUT2D eigenvalue weighted by atomic mass is 19.1. The molecule has 4 rings (SSSR count). The SMILES string of the molecule is CCCCCC[C@@H]1CC[C@@H]2CC(c3ccc4cc(F)ccc4c3)CCC2C1. The third-order valence-electron chi connectivity index (χ3n) is 7.49. The molecule has 27 heavy (non-hydrogen) atoms. The summed E-state index contributed by atoms with van der Waals surface area (Å²) < 4.78 is 13.4. The van der Waals surface area contributed by atoms with Crippen LogP contribution in [0.5, 0.6) is 0 Å². The molecule has 2 aliphatic carbocycles. The van der Waals surface area contributed by atoms with E-state index in [0.29, 0.717) is 5.92 Å². The molecule has 0 aromatic heterocycles. The minimum Gasteiger partial charge on any atom is -0.207 e. The van der Waals surface area contributed by atoms with E-state index in [4.69, 9.17) is 0 Å². The zero-order chi connectivity index (χ0) is 18.6. The lowest BCUT2D eigenvalue weighted by atomic mass is 9.63. The number of benzene rings is 2. The first-order valence-corrected chi connectivity index (χ1v) is 11.4. The van der Waals surface area contributed by atoms with Gasteiger partial charge in [0.1, 0.15) is 5.82 Å². The van der Waals surface area contributed by atoms with E-state index in [9.17, 15) is 4.39 Å². The van der Waals surface area contributed by atoms with Crippen LogP contribution in [0.2, 0.25) is 0 Å². The van der Waals surface area contributed by atoms with Crippen molar-refractivity contribution in [1.29, 1.82) is 0 Å². The Kier molecular flexibility index (Phi) is 6.15. The number of hydrogen-bond acceptors (Lipinski definition) is 0. The second kappa shape index (κ2) is 8.76. The summed E-state index contributed by atoms with van der Waals surface area (Å²) in [4.78, 5) is 0. The monoisotopic (exact) mass is 366 g/mol. The van der Waals surface area contributed by atoms with Gasteiger partial charge in [-0.15, -0.1) is 0 Å². The highest BCUT2D eigenvalue weighted by molar-refractivity contribution is 5.83. The lowest BCUT2D eigenvalue weighted by molar-refractivity contribution is 0.113. The van der Waals surface area contributed by atoms with Crippen LogP contribution in [0.15, 0.2) is 36.4 Å². The van der Waals surface area contributed by atoms with Gasteiger partial charge in [-0.3, -0.25) is 0 Å². The average molecular weight is 367 g/mol. The van der Waals surface area contributed by atoms with Crippen molar-refractivity contribution in [2.45, 2.75) is 83.5 Å². The zero-order valence-electron chi connectivity index (χ0n) is 16.9. The molecule has 0 N–H and O–H groups in total. The van der Waals surface area contributed by atoms with E-state index in [1.54, 1.807) is 12.1 Å². The van der Waals surface area contributed by atoms with E-state index in [1.807, 2.05) is 6.07 Å². The second-order valence-electron chi connectivity index (χ2n) is 9.31. The first kappa shape index (κ1) is 19.0. The van der Waals surface area contributed by atoms with Gasteiger partial charge in [-0.05, 0) is 84.2 Å². The maximum atomic E-state index is 13.4. The molecule has 0 amide bonds. The van der Waals surface area contributed by atoms with Crippen LogP contribution in [0, 0.1) is 23.6 Å². The average Bonchev–Trinajstić information content (AvgIpc) is 2.70. The van der Waals surface area contributed by atoms with Gasteiger partial charge in [0.25, 0.3) is 0 Å². The Bertz CT molecular complexity index is 749. The Hall–Kier alpha value is -1.37.